The molecule has 358 valence electrons. The molecule has 26 atom stereocenters. The van der Waals surface area contributed by atoms with Crippen LogP contribution in [0.15, 0.2) is 11.6 Å². The number of fused-ring (bicyclic) bond motifs is 9. The molecule has 0 aromatic rings. The molecule has 4 bridgehead atoms. The normalized spacial score (nSPS) is 55.1. The molecule has 4 aliphatic carbocycles. The predicted octanol–water partition coefficient (Wildman–Crippen LogP) is -0.0428. The summed E-state index contributed by atoms with van der Waals surface area (Å²) in [5.41, 5.74) is 1.17. The maximum atomic E-state index is 12.3. The zero-order valence-corrected chi connectivity index (χ0v) is 36.8. The highest BCUT2D eigenvalue weighted by atomic mass is 16.8. The van der Waals surface area contributed by atoms with Crippen molar-refractivity contribution in [2.75, 3.05) is 13.2 Å². The Morgan fingerprint density at radius 3 is 2.06 bits per heavy atom. The second-order valence-corrected chi connectivity index (χ2v) is 21.2. The fourth-order valence-electron chi connectivity index (χ4n) is 13.7. The number of carboxylic acid groups (broad SMARTS) is 1. The molecule has 0 aromatic heterocycles. The molecule has 18 heteroatoms. The monoisotopic (exact) mass is 898 g/mol. The summed E-state index contributed by atoms with van der Waals surface area (Å²) < 4.78 is 49.7. The number of aliphatic hydroxyl groups is 8. The van der Waals surface area contributed by atoms with Gasteiger partial charge in [-0.2, -0.15) is 0 Å². The first-order valence-corrected chi connectivity index (χ1v) is 23.4. The molecule has 9 rings (SSSR count). The minimum Gasteiger partial charge on any atom is -0.479 e. The average Bonchev–Trinajstić information content (AvgIpc) is 3.91. The van der Waals surface area contributed by atoms with E-state index >= 15 is 0 Å². The van der Waals surface area contributed by atoms with Gasteiger partial charge in [0, 0.05) is 0 Å². The highest BCUT2D eigenvalue weighted by molar-refractivity contribution is 5.73. The lowest BCUT2D eigenvalue weighted by atomic mass is 9.47. The van der Waals surface area contributed by atoms with Crippen molar-refractivity contribution in [2.24, 2.45) is 46.3 Å². The van der Waals surface area contributed by atoms with Crippen LogP contribution in [0.25, 0.3) is 0 Å². The summed E-state index contributed by atoms with van der Waals surface area (Å²) in [4.78, 5) is 12.3. The highest BCUT2D eigenvalue weighted by Gasteiger charge is 2.63. The van der Waals surface area contributed by atoms with Crippen molar-refractivity contribution in [3.63, 3.8) is 0 Å². The summed E-state index contributed by atoms with van der Waals surface area (Å²) in [7, 11) is 0. The van der Waals surface area contributed by atoms with E-state index in [1.165, 1.54) is 5.57 Å². The highest BCUT2D eigenvalue weighted by Crippen LogP contribution is 2.68. The first-order valence-electron chi connectivity index (χ1n) is 23.4. The lowest BCUT2D eigenvalue weighted by molar-refractivity contribution is -0.395. The number of hydrogen-bond acceptors (Lipinski definition) is 17. The van der Waals surface area contributed by atoms with Gasteiger partial charge in [0.05, 0.1) is 37.6 Å². The van der Waals surface area contributed by atoms with E-state index in [4.69, 9.17) is 37.9 Å². The van der Waals surface area contributed by atoms with Gasteiger partial charge in [0.15, 0.2) is 25.0 Å². The minimum atomic E-state index is -2.01. The molecule has 0 spiro atoms. The molecule has 5 aliphatic heterocycles. The van der Waals surface area contributed by atoms with Crippen LogP contribution in [0.1, 0.15) is 86.0 Å². The molecule has 9 aliphatic rings. The molecule has 63 heavy (non-hydrogen) atoms. The van der Waals surface area contributed by atoms with Crippen LogP contribution in [0, 0.1) is 46.3 Å². The van der Waals surface area contributed by atoms with E-state index in [0.717, 1.165) is 32.1 Å². The second kappa shape index (κ2) is 17.6. The molecular formula is C45H70O18. The van der Waals surface area contributed by atoms with E-state index < -0.39 is 117 Å². The zero-order valence-electron chi connectivity index (χ0n) is 36.8. The molecule has 0 radical (unpaired) electrons. The Hall–Kier alpha value is -1.43. The number of hydrogen-bond donors (Lipinski definition) is 9. The summed E-state index contributed by atoms with van der Waals surface area (Å²) >= 11 is 0. The number of carbonyl (C=O) groups is 1. The minimum absolute atomic E-state index is 0.0564. The number of allylic oxidation sites excluding steroid dienone is 1. The lowest BCUT2D eigenvalue weighted by Crippen LogP contribution is -2.67. The average molecular weight is 899 g/mol. The van der Waals surface area contributed by atoms with Gasteiger partial charge in [-0.1, -0.05) is 46.3 Å². The van der Waals surface area contributed by atoms with Crippen LogP contribution < -0.4 is 0 Å². The summed E-state index contributed by atoms with van der Waals surface area (Å²) in [6.07, 6.45) is -17.4. The molecule has 0 amide bonds. The van der Waals surface area contributed by atoms with E-state index in [0.29, 0.717) is 49.0 Å². The Bertz CT molecular complexity index is 1680. The first-order chi connectivity index (χ1) is 29.9. The Kier molecular flexibility index (Phi) is 13.0. The van der Waals surface area contributed by atoms with Crippen molar-refractivity contribution in [3.8, 4) is 0 Å². The molecule has 5 saturated heterocycles. The van der Waals surface area contributed by atoms with Crippen LogP contribution in [-0.2, 0) is 42.7 Å². The molecule has 3 saturated carbocycles. The molecule has 18 nitrogen and oxygen atoms in total. The van der Waals surface area contributed by atoms with Crippen molar-refractivity contribution in [3.05, 3.63) is 11.6 Å². The maximum Gasteiger partial charge on any atom is 0.335 e. The quantitative estimate of drug-likeness (QED) is 0.125. The largest absolute Gasteiger partial charge is 0.479 e. The molecule has 5 heterocycles. The van der Waals surface area contributed by atoms with Crippen molar-refractivity contribution in [1.82, 2.24) is 0 Å². The maximum absolute atomic E-state index is 12.3. The van der Waals surface area contributed by atoms with E-state index in [2.05, 4.69) is 40.7 Å². The predicted molar refractivity (Wildman–Crippen MR) is 215 cm³/mol. The summed E-state index contributed by atoms with van der Waals surface area (Å²) in [5.74, 6) is 0.338. The molecule has 26 unspecified atom stereocenters. The van der Waals surface area contributed by atoms with Gasteiger partial charge in [0.2, 0.25) is 0 Å². The van der Waals surface area contributed by atoms with Crippen molar-refractivity contribution in [1.29, 1.82) is 0 Å². The smallest absolute Gasteiger partial charge is 0.335 e. The Morgan fingerprint density at radius 2 is 1.37 bits per heavy atom. The zero-order chi connectivity index (χ0) is 45.0. The van der Waals surface area contributed by atoms with Crippen LogP contribution >= 0.6 is 0 Å². The third-order valence-electron chi connectivity index (χ3n) is 17.2. The fourth-order valence-corrected chi connectivity index (χ4v) is 13.7. The Labute approximate surface area is 367 Å². The molecular weight excluding hydrogens is 828 g/mol. The van der Waals surface area contributed by atoms with Gasteiger partial charge in [0.25, 0.3) is 0 Å². The van der Waals surface area contributed by atoms with Crippen molar-refractivity contribution < 1.29 is 88.6 Å². The molecule has 9 N–H and O–H groups in total. The van der Waals surface area contributed by atoms with Gasteiger partial charge in [-0.25, -0.2) is 4.79 Å². The number of epoxide rings is 1. The van der Waals surface area contributed by atoms with Crippen LogP contribution in [0.2, 0.25) is 0 Å². The van der Waals surface area contributed by atoms with Crippen LogP contribution in [0.5, 0.6) is 0 Å². The van der Waals surface area contributed by atoms with Crippen LogP contribution in [-0.4, -0.2) is 182 Å². The number of ether oxygens (including phenoxy) is 8. The second-order valence-electron chi connectivity index (χ2n) is 21.2. The van der Waals surface area contributed by atoms with Gasteiger partial charge in [0.1, 0.15) is 67.1 Å². The number of rotatable bonds is 6. The Morgan fingerprint density at radius 1 is 0.698 bits per heavy atom. The van der Waals surface area contributed by atoms with Crippen LogP contribution in [0.3, 0.4) is 0 Å². The summed E-state index contributed by atoms with van der Waals surface area (Å²) in [6, 6.07) is 0. The van der Waals surface area contributed by atoms with Gasteiger partial charge >= 0.3 is 5.97 Å². The summed E-state index contributed by atoms with van der Waals surface area (Å²) in [5, 5.41) is 98.4. The third-order valence-corrected chi connectivity index (χ3v) is 17.2. The van der Waals surface area contributed by atoms with E-state index in [1.54, 1.807) is 0 Å². The van der Waals surface area contributed by atoms with Crippen LogP contribution in [0.4, 0.5) is 0 Å². The van der Waals surface area contributed by atoms with Gasteiger partial charge < -0.3 is 83.9 Å². The van der Waals surface area contributed by atoms with Crippen molar-refractivity contribution >= 4 is 5.97 Å². The molecule has 8 fully saturated rings. The lowest BCUT2D eigenvalue weighted by Gasteiger charge is -2.60. The van der Waals surface area contributed by atoms with Gasteiger partial charge in [-0.05, 0) is 97.7 Å². The van der Waals surface area contributed by atoms with E-state index in [1.807, 2.05) is 0 Å². The Balaban J connectivity index is 1.06. The standard InChI is InChI=1S/C45H70O18/c1-17(2)12-26-36(58-26)18(3)21-6-7-22-20-14-25-24-13-19(8-10-45(24,5)23(20)9-11-44(21,22)4)57-42-39(34(52)33(51)37(61-42)40(54)55)63-43-38(32(50)29(47)27(15-46)59-43)62-41-35(53)31(49)30(48)28(60-41)16-56-25/h14,17-19,21-39,41-43,46-53H,6-13,15-16H2,1-5H3,(H,54,55). The van der Waals surface area contributed by atoms with Gasteiger partial charge in [-0.15, -0.1) is 0 Å². The van der Waals surface area contributed by atoms with Crippen molar-refractivity contribution in [2.45, 2.75) is 203 Å². The van der Waals surface area contributed by atoms with E-state index in [9.17, 15) is 50.8 Å². The number of carboxylic acids is 1. The fraction of sp³-hybridized carbons (Fsp3) is 0.933. The molecule has 0 aromatic carbocycles. The number of aliphatic hydroxyl groups excluding tert-OH is 8. The SMILES string of the molecule is CC(C)CC1OC1C(C)C1CCC2C3=CC4OCC5OC(OC6C(OC(CO)C(O)C6O)OC6C(OC7CCC(C)(C3CCC21C)C4C7)OC(C(=O)O)C(O)C6O)C(O)C(O)C5O. The topological polar surface area (TPSA) is 276 Å². The first kappa shape index (κ1) is 46.7. The summed E-state index contributed by atoms with van der Waals surface area (Å²) in [6.45, 7) is 10.6. The van der Waals surface area contributed by atoms with Gasteiger partial charge in [-0.3, -0.25) is 0 Å². The van der Waals surface area contributed by atoms with E-state index in [-0.39, 0.29) is 35.4 Å². The number of aliphatic carboxylic acids is 1. The third kappa shape index (κ3) is 8.06.